The number of hydrogen-bond acceptors (Lipinski definition) is 2. The van der Waals surface area contributed by atoms with E-state index in [0.717, 1.165) is 25.6 Å². The second-order valence-electron chi connectivity index (χ2n) is 6.22. The number of alkyl halides is 3. The number of nitrogens with zero attached hydrogens (tertiary/aromatic N) is 1. The zero-order chi connectivity index (χ0) is 15.0. The largest absolute Gasteiger partial charge is 0.416 e. The molecule has 1 aromatic carbocycles. The number of likely N-dealkylation sites (tertiary alicyclic amines) is 1. The molecule has 1 fully saturated rings. The molecular weight excluding hydrogens is 265 g/mol. The minimum atomic E-state index is -4.33. The summed E-state index contributed by atoms with van der Waals surface area (Å²) in [4.78, 5) is 2.07. The fourth-order valence-corrected chi connectivity index (χ4v) is 2.94. The molecule has 1 aliphatic rings. The highest BCUT2D eigenvalue weighted by atomic mass is 19.4. The molecule has 112 valence electrons. The zero-order valence-electron chi connectivity index (χ0n) is 11.9. The molecule has 1 aliphatic heterocycles. The van der Waals surface area contributed by atoms with Crippen LogP contribution in [-0.2, 0) is 6.18 Å². The second kappa shape index (κ2) is 5.37. The molecule has 5 heteroatoms. The summed E-state index contributed by atoms with van der Waals surface area (Å²) in [5, 5.41) is 0. The van der Waals surface area contributed by atoms with E-state index in [-0.39, 0.29) is 18.0 Å². The third kappa shape index (κ3) is 3.15. The van der Waals surface area contributed by atoms with Crippen LogP contribution in [0.15, 0.2) is 24.3 Å². The fraction of sp³-hybridized carbons (Fsp3) is 0.600. The third-order valence-electron chi connectivity index (χ3n) is 4.00. The van der Waals surface area contributed by atoms with E-state index in [1.165, 1.54) is 6.07 Å². The van der Waals surface area contributed by atoms with Crippen molar-refractivity contribution in [2.24, 2.45) is 11.1 Å². The molecule has 2 rings (SSSR count). The van der Waals surface area contributed by atoms with Crippen molar-refractivity contribution in [2.75, 3.05) is 19.6 Å². The van der Waals surface area contributed by atoms with Crippen molar-refractivity contribution in [3.63, 3.8) is 0 Å². The summed E-state index contributed by atoms with van der Waals surface area (Å²) >= 11 is 0. The Hall–Kier alpha value is -1.07. The molecule has 1 saturated heterocycles. The van der Waals surface area contributed by atoms with Crippen LogP contribution in [0.5, 0.6) is 0 Å². The summed E-state index contributed by atoms with van der Waals surface area (Å²) in [5.41, 5.74) is 5.64. The van der Waals surface area contributed by atoms with Crippen molar-refractivity contribution >= 4 is 0 Å². The molecule has 0 radical (unpaired) electrons. The summed E-state index contributed by atoms with van der Waals surface area (Å²) in [6.07, 6.45) is -3.35. The van der Waals surface area contributed by atoms with E-state index in [0.29, 0.717) is 5.56 Å². The van der Waals surface area contributed by atoms with Gasteiger partial charge in [0, 0.05) is 19.1 Å². The standard InChI is InChI=1S/C15H21F3N2/c1-14(2)7-8-20(10-14)13(9-19)11-5-3-4-6-12(11)15(16,17)18/h3-6,13H,7-10,19H2,1-2H3. The lowest BCUT2D eigenvalue weighted by Gasteiger charge is -2.30. The minimum Gasteiger partial charge on any atom is -0.329 e. The number of nitrogens with two attached hydrogens (primary N) is 1. The lowest BCUT2D eigenvalue weighted by atomic mass is 9.93. The van der Waals surface area contributed by atoms with Crippen LogP contribution >= 0.6 is 0 Å². The smallest absolute Gasteiger partial charge is 0.329 e. The predicted octanol–water partition coefficient (Wildman–Crippen LogP) is 3.44. The maximum Gasteiger partial charge on any atom is 0.416 e. The highest BCUT2D eigenvalue weighted by Crippen LogP contribution is 2.39. The van der Waals surface area contributed by atoms with Crippen molar-refractivity contribution in [3.05, 3.63) is 35.4 Å². The van der Waals surface area contributed by atoms with Crippen LogP contribution in [0.2, 0.25) is 0 Å². The first-order valence-electron chi connectivity index (χ1n) is 6.85. The molecule has 0 aliphatic carbocycles. The Balaban J connectivity index is 2.34. The van der Waals surface area contributed by atoms with Gasteiger partial charge in [-0.3, -0.25) is 4.90 Å². The van der Waals surface area contributed by atoms with Crippen molar-refractivity contribution in [2.45, 2.75) is 32.5 Å². The van der Waals surface area contributed by atoms with Crippen LogP contribution in [0.3, 0.4) is 0 Å². The number of benzene rings is 1. The summed E-state index contributed by atoms with van der Waals surface area (Å²) in [6, 6.07) is 5.39. The van der Waals surface area contributed by atoms with Gasteiger partial charge in [0.25, 0.3) is 0 Å². The highest BCUT2D eigenvalue weighted by molar-refractivity contribution is 5.33. The van der Waals surface area contributed by atoms with Gasteiger partial charge in [-0.05, 0) is 30.0 Å². The van der Waals surface area contributed by atoms with Crippen molar-refractivity contribution < 1.29 is 13.2 Å². The van der Waals surface area contributed by atoms with E-state index in [4.69, 9.17) is 5.73 Å². The van der Waals surface area contributed by atoms with Crippen LogP contribution in [0.25, 0.3) is 0 Å². The number of hydrogen-bond donors (Lipinski definition) is 1. The van der Waals surface area contributed by atoms with Crippen molar-refractivity contribution in [3.8, 4) is 0 Å². The maximum absolute atomic E-state index is 13.1. The Morgan fingerprint density at radius 1 is 1.30 bits per heavy atom. The van der Waals surface area contributed by atoms with Gasteiger partial charge in [-0.1, -0.05) is 32.0 Å². The first-order valence-corrected chi connectivity index (χ1v) is 6.85. The van der Waals surface area contributed by atoms with Crippen LogP contribution < -0.4 is 5.73 Å². The molecule has 2 nitrogen and oxygen atoms in total. The molecule has 0 aromatic heterocycles. The van der Waals surface area contributed by atoms with E-state index >= 15 is 0 Å². The first kappa shape index (κ1) is 15.3. The summed E-state index contributed by atoms with van der Waals surface area (Å²) < 4.78 is 39.4. The topological polar surface area (TPSA) is 29.3 Å². The van der Waals surface area contributed by atoms with E-state index in [1.807, 2.05) is 0 Å². The molecule has 1 aromatic rings. The minimum absolute atomic E-state index is 0.139. The predicted molar refractivity (Wildman–Crippen MR) is 73.2 cm³/mol. The lowest BCUT2D eigenvalue weighted by Crippen LogP contribution is -2.34. The van der Waals surface area contributed by atoms with Gasteiger partial charge < -0.3 is 5.73 Å². The quantitative estimate of drug-likeness (QED) is 0.922. The summed E-state index contributed by atoms with van der Waals surface area (Å²) in [5.74, 6) is 0. The van der Waals surface area contributed by atoms with Gasteiger partial charge in [0.05, 0.1) is 5.56 Å². The third-order valence-corrected chi connectivity index (χ3v) is 4.00. The Kier molecular flexibility index (Phi) is 4.12. The van der Waals surface area contributed by atoms with Crippen LogP contribution in [-0.4, -0.2) is 24.5 Å². The molecule has 2 N–H and O–H groups in total. The lowest BCUT2D eigenvalue weighted by molar-refractivity contribution is -0.138. The highest BCUT2D eigenvalue weighted by Gasteiger charge is 2.38. The van der Waals surface area contributed by atoms with Gasteiger partial charge >= 0.3 is 6.18 Å². The molecule has 0 bridgehead atoms. The van der Waals surface area contributed by atoms with Gasteiger partial charge in [0.15, 0.2) is 0 Å². The Morgan fingerprint density at radius 3 is 2.45 bits per heavy atom. The average molecular weight is 286 g/mol. The monoisotopic (exact) mass is 286 g/mol. The van der Waals surface area contributed by atoms with Gasteiger partial charge in [0.1, 0.15) is 0 Å². The van der Waals surface area contributed by atoms with E-state index in [1.54, 1.807) is 12.1 Å². The molecular formula is C15H21F3N2. The number of halogens is 3. The molecule has 1 unspecified atom stereocenters. The van der Waals surface area contributed by atoms with Crippen LogP contribution in [0.1, 0.15) is 37.4 Å². The molecule has 0 saturated carbocycles. The normalized spacial score (nSPS) is 21.1. The van der Waals surface area contributed by atoms with Gasteiger partial charge in [-0.2, -0.15) is 13.2 Å². The fourth-order valence-electron chi connectivity index (χ4n) is 2.94. The van der Waals surface area contributed by atoms with Gasteiger partial charge in [0.2, 0.25) is 0 Å². The van der Waals surface area contributed by atoms with Crippen LogP contribution in [0, 0.1) is 5.41 Å². The second-order valence-corrected chi connectivity index (χ2v) is 6.22. The molecule has 1 atom stereocenters. The van der Waals surface area contributed by atoms with E-state index in [9.17, 15) is 13.2 Å². The van der Waals surface area contributed by atoms with E-state index < -0.39 is 11.7 Å². The first-order chi connectivity index (χ1) is 9.24. The number of rotatable bonds is 3. The Bertz CT molecular complexity index is 468. The summed E-state index contributed by atoms with van der Waals surface area (Å²) in [6.45, 7) is 6.04. The Labute approximate surface area is 117 Å². The zero-order valence-corrected chi connectivity index (χ0v) is 11.9. The maximum atomic E-state index is 13.1. The molecule has 1 heterocycles. The summed E-state index contributed by atoms with van der Waals surface area (Å²) in [7, 11) is 0. The van der Waals surface area contributed by atoms with Gasteiger partial charge in [-0.25, -0.2) is 0 Å². The van der Waals surface area contributed by atoms with E-state index in [2.05, 4.69) is 18.7 Å². The Morgan fingerprint density at radius 2 is 1.95 bits per heavy atom. The molecule has 0 amide bonds. The molecule has 0 spiro atoms. The average Bonchev–Trinajstić information content (AvgIpc) is 2.70. The SMILES string of the molecule is CC1(C)CCN(C(CN)c2ccccc2C(F)(F)F)C1. The van der Waals surface area contributed by atoms with Crippen molar-refractivity contribution in [1.82, 2.24) is 4.90 Å². The van der Waals surface area contributed by atoms with Crippen LogP contribution in [0.4, 0.5) is 13.2 Å². The molecule has 20 heavy (non-hydrogen) atoms. The van der Waals surface area contributed by atoms with Gasteiger partial charge in [-0.15, -0.1) is 0 Å². The van der Waals surface area contributed by atoms with Crippen molar-refractivity contribution in [1.29, 1.82) is 0 Å².